The van der Waals surface area contributed by atoms with Crippen LogP contribution < -0.4 is 5.73 Å². The summed E-state index contributed by atoms with van der Waals surface area (Å²) in [6, 6.07) is 3.93. The second-order valence-electron chi connectivity index (χ2n) is 6.85. The minimum absolute atomic E-state index is 0.266. The summed E-state index contributed by atoms with van der Waals surface area (Å²) in [5.74, 6) is 0.157. The van der Waals surface area contributed by atoms with Gasteiger partial charge in [0.15, 0.2) is 11.5 Å². The van der Waals surface area contributed by atoms with E-state index in [1.54, 1.807) is 11.3 Å². The molecule has 1 amide bonds. The monoisotopic (exact) mass is 385 g/mol. The molecule has 0 atom stereocenters. The summed E-state index contributed by atoms with van der Waals surface area (Å²) in [4.78, 5) is 19.3. The third-order valence-electron chi connectivity index (χ3n) is 5.01. The average Bonchev–Trinajstić information content (AvgIpc) is 3.40. The van der Waals surface area contributed by atoms with Crippen LogP contribution in [0.2, 0.25) is 0 Å². The number of unbranched alkanes of at least 4 members (excludes halogenated alkanes) is 2. The van der Waals surface area contributed by atoms with Crippen LogP contribution in [0.1, 0.15) is 41.0 Å². The average molecular weight is 385 g/mol. The molecule has 0 fully saturated rings. The highest BCUT2D eigenvalue weighted by atomic mass is 32.1. The molecule has 0 unspecified atom stereocenters. The summed E-state index contributed by atoms with van der Waals surface area (Å²) in [6.07, 6.45) is 7.80. The van der Waals surface area contributed by atoms with Crippen LogP contribution in [0.15, 0.2) is 34.6 Å². The molecule has 0 saturated heterocycles. The van der Waals surface area contributed by atoms with Gasteiger partial charge in [0.1, 0.15) is 0 Å². The summed E-state index contributed by atoms with van der Waals surface area (Å²) >= 11 is 1.57. The number of nitrogens with zero attached hydrogens (tertiary/aromatic N) is 4. The summed E-state index contributed by atoms with van der Waals surface area (Å²) < 4.78 is 7.64. The fourth-order valence-corrected chi connectivity index (χ4v) is 4.31. The second kappa shape index (κ2) is 8.06. The predicted octanol–water partition coefficient (Wildman–Crippen LogP) is 2.93. The Morgan fingerprint density at radius 3 is 3.04 bits per heavy atom. The summed E-state index contributed by atoms with van der Waals surface area (Å²) in [5.41, 5.74) is 7.86. The van der Waals surface area contributed by atoms with Crippen LogP contribution in [0.4, 0.5) is 0 Å². The minimum atomic E-state index is -0.526. The maximum Gasteiger partial charge on any atom is 0.271 e. The molecule has 3 aromatic heterocycles. The van der Waals surface area contributed by atoms with Gasteiger partial charge in [-0.15, -0.1) is 11.3 Å². The van der Waals surface area contributed by atoms with Gasteiger partial charge in [-0.2, -0.15) is 0 Å². The SMILES string of the molecule is NC(=O)c1noc(-c2cccs2)c1CCCCCN1CCn2cncc2C1. The van der Waals surface area contributed by atoms with Crippen molar-refractivity contribution in [1.82, 2.24) is 19.6 Å². The molecular weight excluding hydrogens is 362 g/mol. The number of carbonyl (C=O) groups is 1. The molecular formula is C19H23N5O2S. The standard InChI is InChI=1S/C19H23N5O2S/c20-19(25)17-15(18(26-22-17)16-6-4-10-27-16)5-2-1-3-7-23-8-9-24-13-21-11-14(24)12-23/h4,6,10-11,13H,1-3,5,7-9,12H2,(H2,20,25). The Bertz CT molecular complexity index is 899. The number of hydrogen-bond acceptors (Lipinski definition) is 6. The van der Waals surface area contributed by atoms with Crippen molar-refractivity contribution in [2.24, 2.45) is 5.73 Å². The van der Waals surface area contributed by atoms with Gasteiger partial charge in [-0.3, -0.25) is 9.69 Å². The molecule has 1 aliphatic rings. The van der Waals surface area contributed by atoms with Crippen molar-refractivity contribution in [2.45, 2.75) is 38.8 Å². The maximum absolute atomic E-state index is 11.7. The lowest BCUT2D eigenvalue weighted by atomic mass is 10.0. The van der Waals surface area contributed by atoms with E-state index in [1.165, 1.54) is 5.69 Å². The molecule has 0 saturated carbocycles. The zero-order chi connectivity index (χ0) is 18.6. The number of thiophene rings is 1. The quantitative estimate of drug-likeness (QED) is 0.602. The number of carbonyl (C=O) groups excluding carboxylic acids is 1. The van der Waals surface area contributed by atoms with Gasteiger partial charge in [0, 0.05) is 31.4 Å². The predicted molar refractivity (Wildman–Crippen MR) is 103 cm³/mol. The van der Waals surface area contributed by atoms with E-state index >= 15 is 0 Å². The van der Waals surface area contributed by atoms with Crippen LogP contribution in [-0.4, -0.2) is 38.6 Å². The first-order valence-corrected chi connectivity index (χ1v) is 10.1. The van der Waals surface area contributed by atoms with Gasteiger partial charge in [0.2, 0.25) is 0 Å². The number of imidazole rings is 1. The van der Waals surface area contributed by atoms with Crippen molar-refractivity contribution in [3.8, 4) is 10.6 Å². The Kier molecular flexibility index (Phi) is 5.35. The Morgan fingerprint density at radius 2 is 2.22 bits per heavy atom. The minimum Gasteiger partial charge on any atom is -0.364 e. The highest BCUT2D eigenvalue weighted by Gasteiger charge is 2.21. The molecule has 0 bridgehead atoms. The first-order valence-electron chi connectivity index (χ1n) is 9.26. The van der Waals surface area contributed by atoms with Crippen molar-refractivity contribution in [3.05, 3.63) is 47.0 Å². The Hall–Kier alpha value is -2.45. The first kappa shape index (κ1) is 17.9. The van der Waals surface area contributed by atoms with Gasteiger partial charge >= 0.3 is 0 Å². The van der Waals surface area contributed by atoms with Crippen molar-refractivity contribution < 1.29 is 9.32 Å². The lowest BCUT2D eigenvalue weighted by Gasteiger charge is -2.27. The third-order valence-corrected chi connectivity index (χ3v) is 5.88. The maximum atomic E-state index is 11.7. The van der Waals surface area contributed by atoms with Crippen molar-refractivity contribution in [1.29, 1.82) is 0 Å². The lowest BCUT2D eigenvalue weighted by molar-refractivity contribution is 0.0991. The molecule has 0 aromatic carbocycles. The summed E-state index contributed by atoms with van der Waals surface area (Å²) in [5, 5.41) is 5.88. The molecule has 0 radical (unpaired) electrons. The topological polar surface area (TPSA) is 90.2 Å². The van der Waals surface area contributed by atoms with E-state index in [0.29, 0.717) is 5.76 Å². The zero-order valence-corrected chi connectivity index (χ0v) is 16.0. The molecule has 2 N–H and O–H groups in total. The number of nitrogens with two attached hydrogens (primary N) is 1. The third kappa shape index (κ3) is 3.96. The highest BCUT2D eigenvalue weighted by molar-refractivity contribution is 7.13. The number of primary amides is 1. The highest BCUT2D eigenvalue weighted by Crippen LogP contribution is 2.31. The molecule has 0 aliphatic carbocycles. The van der Waals surface area contributed by atoms with Gasteiger partial charge < -0.3 is 14.8 Å². The van der Waals surface area contributed by atoms with Gasteiger partial charge in [-0.25, -0.2) is 4.98 Å². The van der Waals surface area contributed by atoms with Gasteiger partial charge in [0.05, 0.1) is 16.9 Å². The van der Waals surface area contributed by atoms with E-state index in [0.717, 1.165) is 62.3 Å². The van der Waals surface area contributed by atoms with Gasteiger partial charge in [-0.05, 0) is 37.3 Å². The van der Waals surface area contributed by atoms with Crippen molar-refractivity contribution in [2.75, 3.05) is 13.1 Å². The van der Waals surface area contributed by atoms with E-state index < -0.39 is 5.91 Å². The molecule has 27 heavy (non-hydrogen) atoms. The fraction of sp³-hybridized carbons (Fsp3) is 0.421. The van der Waals surface area contributed by atoms with Gasteiger partial charge in [0.25, 0.3) is 5.91 Å². The van der Waals surface area contributed by atoms with Crippen LogP contribution in [0.5, 0.6) is 0 Å². The van der Waals surface area contributed by atoms with E-state index in [9.17, 15) is 4.79 Å². The van der Waals surface area contributed by atoms with E-state index in [2.05, 4.69) is 19.6 Å². The number of aromatic nitrogens is 3. The summed E-state index contributed by atoms with van der Waals surface area (Å²) in [7, 11) is 0. The van der Waals surface area contributed by atoms with Crippen LogP contribution in [-0.2, 0) is 19.5 Å². The lowest BCUT2D eigenvalue weighted by Crippen LogP contribution is -2.33. The number of amides is 1. The van der Waals surface area contributed by atoms with E-state index in [-0.39, 0.29) is 5.69 Å². The van der Waals surface area contributed by atoms with Crippen LogP contribution >= 0.6 is 11.3 Å². The van der Waals surface area contributed by atoms with E-state index in [1.807, 2.05) is 30.0 Å². The smallest absolute Gasteiger partial charge is 0.271 e. The van der Waals surface area contributed by atoms with Crippen LogP contribution in [0.3, 0.4) is 0 Å². The zero-order valence-electron chi connectivity index (χ0n) is 15.1. The second-order valence-corrected chi connectivity index (χ2v) is 7.79. The Balaban J connectivity index is 1.29. The van der Waals surface area contributed by atoms with Crippen LogP contribution in [0, 0.1) is 0 Å². The molecule has 0 spiro atoms. The van der Waals surface area contributed by atoms with Gasteiger partial charge in [-0.1, -0.05) is 17.6 Å². The Labute approximate surface area is 161 Å². The van der Waals surface area contributed by atoms with Crippen molar-refractivity contribution >= 4 is 17.2 Å². The number of hydrogen-bond donors (Lipinski definition) is 1. The molecule has 8 heteroatoms. The van der Waals surface area contributed by atoms with E-state index in [4.69, 9.17) is 10.3 Å². The molecule has 4 heterocycles. The molecule has 1 aliphatic heterocycles. The molecule has 7 nitrogen and oxygen atoms in total. The normalized spacial score (nSPS) is 14.4. The van der Waals surface area contributed by atoms with Crippen LogP contribution in [0.25, 0.3) is 10.6 Å². The largest absolute Gasteiger partial charge is 0.364 e. The fourth-order valence-electron chi connectivity index (χ4n) is 3.58. The molecule has 4 rings (SSSR count). The molecule has 142 valence electrons. The number of rotatable bonds is 8. The first-order chi connectivity index (χ1) is 13.2. The number of fused-ring (bicyclic) bond motifs is 1. The molecule has 3 aromatic rings. The van der Waals surface area contributed by atoms with Crippen molar-refractivity contribution in [3.63, 3.8) is 0 Å². The summed E-state index contributed by atoms with van der Waals surface area (Å²) in [6.45, 7) is 4.14. The Morgan fingerprint density at radius 1 is 1.30 bits per heavy atom.